The van der Waals surface area contributed by atoms with Gasteiger partial charge in [0.25, 0.3) is 0 Å². The molecule has 0 saturated carbocycles. The Bertz CT molecular complexity index is 587. The number of benzene rings is 1. The largest absolute Gasteiger partial charge is 0.439 e. The van der Waals surface area contributed by atoms with Crippen LogP contribution in [-0.2, 0) is 6.42 Å². The molecule has 0 amide bonds. The zero-order valence-corrected chi connectivity index (χ0v) is 11.1. The van der Waals surface area contributed by atoms with E-state index in [0.29, 0.717) is 28.6 Å². The van der Waals surface area contributed by atoms with Crippen LogP contribution < -0.4 is 10.5 Å². The first kappa shape index (κ1) is 13.5. The SMILES string of the molecule is NC(=S)c1ccnc(Oc2ccccc2CCO)c1. The van der Waals surface area contributed by atoms with Crippen LogP contribution >= 0.6 is 12.2 Å². The molecule has 19 heavy (non-hydrogen) atoms. The molecule has 0 radical (unpaired) electrons. The average molecular weight is 274 g/mol. The summed E-state index contributed by atoms with van der Waals surface area (Å²) in [4.78, 5) is 4.42. The van der Waals surface area contributed by atoms with E-state index in [-0.39, 0.29) is 6.61 Å². The lowest BCUT2D eigenvalue weighted by Gasteiger charge is -2.10. The molecule has 5 heteroatoms. The number of nitrogens with two attached hydrogens (primary N) is 1. The second kappa shape index (κ2) is 6.26. The minimum absolute atomic E-state index is 0.0702. The maximum Gasteiger partial charge on any atom is 0.219 e. The molecule has 98 valence electrons. The Morgan fingerprint density at radius 1 is 1.32 bits per heavy atom. The van der Waals surface area contributed by atoms with E-state index in [1.165, 1.54) is 0 Å². The molecule has 3 N–H and O–H groups in total. The fourth-order valence-corrected chi connectivity index (χ4v) is 1.79. The summed E-state index contributed by atoms with van der Waals surface area (Å²) in [6.07, 6.45) is 2.13. The normalized spacial score (nSPS) is 10.2. The van der Waals surface area contributed by atoms with E-state index in [2.05, 4.69) is 4.98 Å². The number of aliphatic hydroxyl groups is 1. The van der Waals surface area contributed by atoms with Gasteiger partial charge in [0, 0.05) is 24.4 Å². The van der Waals surface area contributed by atoms with Gasteiger partial charge in [0.15, 0.2) is 0 Å². The number of hydrogen-bond donors (Lipinski definition) is 2. The van der Waals surface area contributed by atoms with Crippen LogP contribution in [-0.4, -0.2) is 21.7 Å². The fraction of sp³-hybridized carbons (Fsp3) is 0.143. The summed E-state index contributed by atoms with van der Waals surface area (Å²) in [5.74, 6) is 1.10. The Balaban J connectivity index is 2.26. The van der Waals surface area contributed by atoms with E-state index in [0.717, 1.165) is 5.56 Å². The number of aromatic nitrogens is 1. The molecule has 0 bridgehead atoms. The quantitative estimate of drug-likeness (QED) is 0.817. The van der Waals surface area contributed by atoms with Crippen LogP contribution in [0.15, 0.2) is 42.6 Å². The highest BCUT2D eigenvalue weighted by atomic mass is 32.1. The zero-order chi connectivity index (χ0) is 13.7. The summed E-state index contributed by atoms with van der Waals surface area (Å²) in [5, 5.41) is 9.02. The number of rotatable bonds is 5. The summed E-state index contributed by atoms with van der Waals surface area (Å²) in [7, 11) is 0. The molecule has 0 saturated heterocycles. The van der Waals surface area contributed by atoms with Crippen molar-refractivity contribution in [3.63, 3.8) is 0 Å². The van der Waals surface area contributed by atoms with Gasteiger partial charge < -0.3 is 15.6 Å². The number of ether oxygens (including phenoxy) is 1. The molecule has 0 atom stereocenters. The first-order chi connectivity index (χ1) is 9.20. The Morgan fingerprint density at radius 3 is 2.84 bits per heavy atom. The van der Waals surface area contributed by atoms with Gasteiger partial charge >= 0.3 is 0 Å². The molecule has 1 heterocycles. The summed E-state index contributed by atoms with van der Waals surface area (Å²) in [6.45, 7) is 0.0702. The van der Waals surface area contributed by atoms with Gasteiger partial charge in [-0.05, 0) is 24.1 Å². The average Bonchev–Trinajstić information content (AvgIpc) is 2.41. The molecule has 0 aliphatic rings. The van der Waals surface area contributed by atoms with Crippen LogP contribution in [0.5, 0.6) is 11.6 Å². The van der Waals surface area contributed by atoms with Crippen molar-refractivity contribution in [3.05, 3.63) is 53.7 Å². The molecule has 2 aromatic rings. The van der Waals surface area contributed by atoms with Crippen molar-refractivity contribution in [2.75, 3.05) is 6.61 Å². The number of pyridine rings is 1. The Hall–Kier alpha value is -1.98. The lowest BCUT2D eigenvalue weighted by atomic mass is 10.1. The van der Waals surface area contributed by atoms with Crippen molar-refractivity contribution in [2.24, 2.45) is 5.73 Å². The lowest BCUT2D eigenvalue weighted by Crippen LogP contribution is -2.09. The second-order valence-electron chi connectivity index (χ2n) is 3.93. The number of nitrogens with zero attached hydrogens (tertiary/aromatic N) is 1. The summed E-state index contributed by atoms with van der Waals surface area (Å²) >= 11 is 4.92. The minimum Gasteiger partial charge on any atom is -0.439 e. The van der Waals surface area contributed by atoms with Gasteiger partial charge in [-0.15, -0.1) is 0 Å². The minimum atomic E-state index is 0.0702. The topological polar surface area (TPSA) is 68.4 Å². The van der Waals surface area contributed by atoms with E-state index in [1.807, 2.05) is 24.3 Å². The number of para-hydroxylation sites is 1. The highest BCUT2D eigenvalue weighted by molar-refractivity contribution is 7.80. The van der Waals surface area contributed by atoms with Crippen LogP contribution in [0, 0.1) is 0 Å². The van der Waals surface area contributed by atoms with Crippen LogP contribution in [0.25, 0.3) is 0 Å². The van der Waals surface area contributed by atoms with Gasteiger partial charge in [-0.25, -0.2) is 4.98 Å². The van der Waals surface area contributed by atoms with Crippen LogP contribution in [0.4, 0.5) is 0 Å². The van der Waals surface area contributed by atoms with Crippen LogP contribution in [0.1, 0.15) is 11.1 Å². The zero-order valence-electron chi connectivity index (χ0n) is 10.2. The van der Waals surface area contributed by atoms with Gasteiger partial charge in [-0.2, -0.15) is 0 Å². The first-order valence-electron chi connectivity index (χ1n) is 5.83. The van der Waals surface area contributed by atoms with Crippen LogP contribution in [0.2, 0.25) is 0 Å². The summed E-state index contributed by atoms with van der Waals surface area (Å²) < 4.78 is 5.72. The highest BCUT2D eigenvalue weighted by Crippen LogP contribution is 2.24. The predicted molar refractivity (Wildman–Crippen MR) is 77.4 cm³/mol. The lowest BCUT2D eigenvalue weighted by molar-refractivity contribution is 0.297. The standard InChI is InChI=1S/C14H14N2O2S/c15-14(19)11-5-7-16-13(9-11)18-12-4-2-1-3-10(12)6-8-17/h1-5,7,9,17H,6,8H2,(H2,15,19). The van der Waals surface area contributed by atoms with Crippen molar-refractivity contribution < 1.29 is 9.84 Å². The van der Waals surface area contributed by atoms with E-state index >= 15 is 0 Å². The van der Waals surface area contributed by atoms with Crippen molar-refractivity contribution in [3.8, 4) is 11.6 Å². The number of hydrogen-bond acceptors (Lipinski definition) is 4. The number of aliphatic hydroxyl groups excluding tert-OH is 1. The van der Waals surface area contributed by atoms with Gasteiger partial charge in [0.2, 0.25) is 5.88 Å². The van der Waals surface area contributed by atoms with E-state index in [9.17, 15) is 0 Å². The molecule has 0 aliphatic heterocycles. The molecule has 0 fully saturated rings. The Labute approximate surface area is 116 Å². The Kier molecular flexibility index (Phi) is 4.43. The molecular formula is C14H14N2O2S. The maximum atomic E-state index is 9.02. The highest BCUT2D eigenvalue weighted by Gasteiger charge is 2.06. The first-order valence-corrected chi connectivity index (χ1v) is 6.24. The van der Waals surface area contributed by atoms with Crippen LogP contribution in [0.3, 0.4) is 0 Å². The van der Waals surface area contributed by atoms with Gasteiger partial charge in [0.1, 0.15) is 10.7 Å². The Morgan fingerprint density at radius 2 is 2.11 bits per heavy atom. The van der Waals surface area contributed by atoms with Crippen molar-refractivity contribution >= 4 is 17.2 Å². The maximum absolute atomic E-state index is 9.02. The van der Waals surface area contributed by atoms with Gasteiger partial charge in [0.05, 0.1) is 0 Å². The molecule has 2 rings (SSSR count). The number of thiocarbonyl (C=S) groups is 1. The predicted octanol–water partition coefficient (Wildman–Crippen LogP) is 2.04. The van der Waals surface area contributed by atoms with Gasteiger partial charge in [-0.3, -0.25) is 0 Å². The third-order valence-corrected chi connectivity index (χ3v) is 2.82. The third-order valence-electron chi connectivity index (χ3n) is 2.59. The third kappa shape index (κ3) is 3.49. The molecular weight excluding hydrogens is 260 g/mol. The fourth-order valence-electron chi connectivity index (χ4n) is 1.66. The van der Waals surface area contributed by atoms with Crippen molar-refractivity contribution in [1.29, 1.82) is 0 Å². The molecule has 1 aromatic heterocycles. The smallest absolute Gasteiger partial charge is 0.219 e. The van der Waals surface area contributed by atoms with Crippen molar-refractivity contribution in [2.45, 2.75) is 6.42 Å². The van der Waals surface area contributed by atoms with E-state index in [1.54, 1.807) is 18.3 Å². The van der Waals surface area contributed by atoms with Crippen molar-refractivity contribution in [1.82, 2.24) is 4.98 Å². The summed E-state index contributed by atoms with van der Waals surface area (Å²) in [5.41, 5.74) is 7.20. The summed E-state index contributed by atoms with van der Waals surface area (Å²) in [6, 6.07) is 10.9. The monoisotopic (exact) mass is 274 g/mol. The molecule has 4 nitrogen and oxygen atoms in total. The molecule has 0 spiro atoms. The van der Waals surface area contributed by atoms with Gasteiger partial charge in [-0.1, -0.05) is 30.4 Å². The molecule has 0 unspecified atom stereocenters. The molecule has 1 aromatic carbocycles. The molecule has 0 aliphatic carbocycles. The second-order valence-corrected chi connectivity index (χ2v) is 4.37. The van der Waals surface area contributed by atoms with E-state index < -0.39 is 0 Å². The van der Waals surface area contributed by atoms with E-state index in [4.69, 9.17) is 27.8 Å².